The molecule has 0 unspecified atom stereocenters. The fourth-order valence-electron chi connectivity index (χ4n) is 1.04. The van der Waals surface area contributed by atoms with E-state index in [9.17, 15) is 0 Å². The Kier molecular flexibility index (Phi) is 5.18. The van der Waals surface area contributed by atoms with Crippen LogP contribution in [0.15, 0.2) is 18.2 Å². The maximum absolute atomic E-state index is 5.73. The zero-order chi connectivity index (χ0) is 9.56. The normalized spacial score (nSPS) is 8.67. The van der Waals surface area contributed by atoms with Gasteiger partial charge in [-0.05, 0) is 30.5 Å². The van der Waals surface area contributed by atoms with Crippen LogP contribution in [0.2, 0.25) is 0 Å². The van der Waals surface area contributed by atoms with Crippen LogP contribution in [0, 0.1) is 6.92 Å². The molecule has 1 rings (SSSR count). The van der Waals surface area contributed by atoms with E-state index < -0.39 is 0 Å². The summed E-state index contributed by atoms with van der Waals surface area (Å²) in [4.78, 5) is 0. The number of anilines is 1. The Bertz CT molecular complexity index is 228. The van der Waals surface area contributed by atoms with E-state index in [0.29, 0.717) is 0 Å². The number of hydrogen-bond donors (Lipinski definition) is 1. The molecule has 2 N–H and O–H groups in total. The van der Waals surface area contributed by atoms with E-state index in [2.05, 4.69) is 26.0 Å². The van der Waals surface area contributed by atoms with Crippen molar-refractivity contribution in [2.75, 3.05) is 5.73 Å². The van der Waals surface area contributed by atoms with Gasteiger partial charge in [-0.3, -0.25) is 0 Å². The van der Waals surface area contributed by atoms with E-state index >= 15 is 0 Å². The Labute approximate surface area is 75.6 Å². The highest BCUT2D eigenvalue weighted by Gasteiger charge is 1.93. The summed E-state index contributed by atoms with van der Waals surface area (Å²) in [6, 6.07) is 6.19. The molecule has 0 heterocycles. The summed E-state index contributed by atoms with van der Waals surface area (Å²) in [5.74, 6) is 0. The minimum Gasteiger partial charge on any atom is -0.398 e. The number of aryl methyl sites for hydroxylation is 2. The van der Waals surface area contributed by atoms with Crippen molar-refractivity contribution in [3.05, 3.63) is 29.3 Å². The molecule has 0 bridgehead atoms. The van der Waals surface area contributed by atoms with Crippen LogP contribution in [0.25, 0.3) is 0 Å². The first kappa shape index (κ1) is 11.0. The van der Waals surface area contributed by atoms with Gasteiger partial charge in [-0.1, -0.05) is 32.9 Å². The van der Waals surface area contributed by atoms with Crippen molar-refractivity contribution in [3.8, 4) is 0 Å². The standard InChI is InChI=1S/C9H13N.C2H6/c1-3-8-5-4-7(2)6-9(8)10;1-2/h4-6H,3,10H2,1-2H3;1-2H3. The summed E-state index contributed by atoms with van der Waals surface area (Å²) in [5.41, 5.74) is 9.12. The lowest BCUT2D eigenvalue weighted by Gasteiger charge is -2.01. The molecule has 0 aromatic heterocycles. The zero-order valence-electron chi connectivity index (χ0n) is 8.52. The molecule has 0 amide bonds. The Balaban J connectivity index is 0.000000561. The number of nitrogens with two attached hydrogens (primary N) is 1. The molecule has 0 aliphatic rings. The fourth-order valence-corrected chi connectivity index (χ4v) is 1.04. The van der Waals surface area contributed by atoms with Crippen molar-refractivity contribution in [3.63, 3.8) is 0 Å². The van der Waals surface area contributed by atoms with Crippen LogP contribution in [0.5, 0.6) is 0 Å². The predicted molar refractivity (Wildman–Crippen MR) is 56.3 cm³/mol. The molecule has 0 saturated heterocycles. The van der Waals surface area contributed by atoms with Gasteiger partial charge in [0.2, 0.25) is 0 Å². The summed E-state index contributed by atoms with van der Waals surface area (Å²) in [6.07, 6.45) is 1.02. The van der Waals surface area contributed by atoms with Crippen LogP contribution in [0.1, 0.15) is 31.9 Å². The molecule has 0 fully saturated rings. The largest absolute Gasteiger partial charge is 0.398 e. The fraction of sp³-hybridized carbons (Fsp3) is 0.455. The first-order chi connectivity index (χ1) is 5.74. The lowest BCUT2D eigenvalue weighted by atomic mass is 10.1. The number of hydrogen-bond acceptors (Lipinski definition) is 1. The van der Waals surface area contributed by atoms with E-state index in [1.807, 2.05) is 19.9 Å². The van der Waals surface area contributed by atoms with Gasteiger partial charge in [0.15, 0.2) is 0 Å². The second-order valence-electron chi connectivity index (χ2n) is 2.56. The van der Waals surface area contributed by atoms with Crippen LogP contribution < -0.4 is 5.73 Å². The summed E-state index contributed by atoms with van der Waals surface area (Å²) >= 11 is 0. The zero-order valence-corrected chi connectivity index (χ0v) is 8.52. The van der Waals surface area contributed by atoms with Crippen LogP contribution in [0.4, 0.5) is 5.69 Å². The number of benzene rings is 1. The third kappa shape index (κ3) is 2.95. The Morgan fingerprint density at radius 2 is 1.83 bits per heavy atom. The van der Waals surface area contributed by atoms with E-state index in [4.69, 9.17) is 5.73 Å². The molecular weight excluding hydrogens is 146 g/mol. The molecule has 0 radical (unpaired) electrons. The third-order valence-electron chi connectivity index (χ3n) is 1.68. The molecule has 0 aliphatic heterocycles. The predicted octanol–water partition coefficient (Wildman–Crippen LogP) is 3.17. The summed E-state index contributed by atoms with van der Waals surface area (Å²) < 4.78 is 0. The second kappa shape index (κ2) is 5.64. The molecular formula is C11H19N. The molecule has 68 valence electrons. The molecule has 1 aromatic carbocycles. The van der Waals surface area contributed by atoms with Gasteiger partial charge in [0.25, 0.3) is 0 Å². The van der Waals surface area contributed by atoms with Gasteiger partial charge in [-0.25, -0.2) is 0 Å². The van der Waals surface area contributed by atoms with Gasteiger partial charge >= 0.3 is 0 Å². The van der Waals surface area contributed by atoms with Crippen LogP contribution in [0.3, 0.4) is 0 Å². The molecule has 0 spiro atoms. The molecule has 0 atom stereocenters. The Hall–Kier alpha value is -0.980. The van der Waals surface area contributed by atoms with Gasteiger partial charge in [0, 0.05) is 5.69 Å². The number of nitrogen functional groups attached to an aromatic ring is 1. The lowest BCUT2D eigenvalue weighted by molar-refractivity contribution is 1.14. The quantitative estimate of drug-likeness (QED) is 0.635. The van der Waals surface area contributed by atoms with Crippen molar-refractivity contribution < 1.29 is 0 Å². The molecule has 1 heteroatoms. The topological polar surface area (TPSA) is 26.0 Å². The number of rotatable bonds is 1. The average Bonchev–Trinajstić information content (AvgIpc) is 2.08. The van der Waals surface area contributed by atoms with Crippen molar-refractivity contribution in [2.24, 2.45) is 0 Å². The highest BCUT2D eigenvalue weighted by atomic mass is 14.6. The summed E-state index contributed by atoms with van der Waals surface area (Å²) in [5, 5.41) is 0. The van der Waals surface area contributed by atoms with Gasteiger partial charge in [0.1, 0.15) is 0 Å². The van der Waals surface area contributed by atoms with Crippen molar-refractivity contribution in [2.45, 2.75) is 34.1 Å². The van der Waals surface area contributed by atoms with Crippen molar-refractivity contribution in [1.29, 1.82) is 0 Å². The van der Waals surface area contributed by atoms with Crippen molar-refractivity contribution >= 4 is 5.69 Å². The van der Waals surface area contributed by atoms with E-state index in [1.54, 1.807) is 0 Å². The monoisotopic (exact) mass is 165 g/mol. The van der Waals surface area contributed by atoms with Crippen LogP contribution in [-0.2, 0) is 6.42 Å². The van der Waals surface area contributed by atoms with Gasteiger partial charge in [-0.15, -0.1) is 0 Å². The SMILES string of the molecule is CC.CCc1ccc(C)cc1N. The van der Waals surface area contributed by atoms with E-state index in [1.165, 1.54) is 11.1 Å². The second-order valence-corrected chi connectivity index (χ2v) is 2.56. The van der Waals surface area contributed by atoms with E-state index in [-0.39, 0.29) is 0 Å². The molecule has 0 saturated carbocycles. The van der Waals surface area contributed by atoms with Gasteiger partial charge in [-0.2, -0.15) is 0 Å². The van der Waals surface area contributed by atoms with E-state index in [0.717, 1.165) is 12.1 Å². The molecule has 0 aliphatic carbocycles. The minimum absolute atomic E-state index is 0.919. The average molecular weight is 165 g/mol. The summed E-state index contributed by atoms with van der Waals surface area (Å²) in [7, 11) is 0. The highest BCUT2D eigenvalue weighted by molar-refractivity contribution is 5.48. The van der Waals surface area contributed by atoms with Gasteiger partial charge < -0.3 is 5.73 Å². The van der Waals surface area contributed by atoms with Crippen molar-refractivity contribution in [1.82, 2.24) is 0 Å². The lowest BCUT2D eigenvalue weighted by Crippen LogP contribution is -1.92. The summed E-state index contributed by atoms with van der Waals surface area (Å²) in [6.45, 7) is 8.16. The molecule has 12 heavy (non-hydrogen) atoms. The first-order valence-electron chi connectivity index (χ1n) is 4.59. The van der Waals surface area contributed by atoms with Crippen LogP contribution >= 0.6 is 0 Å². The third-order valence-corrected chi connectivity index (χ3v) is 1.68. The minimum atomic E-state index is 0.919. The molecule has 1 aromatic rings. The Morgan fingerprint density at radius 1 is 1.25 bits per heavy atom. The highest BCUT2D eigenvalue weighted by Crippen LogP contribution is 2.13. The maximum atomic E-state index is 5.73. The maximum Gasteiger partial charge on any atom is 0.0349 e. The molecule has 1 nitrogen and oxygen atoms in total. The first-order valence-corrected chi connectivity index (χ1v) is 4.59. The smallest absolute Gasteiger partial charge is 0.0349 e. The van der Waals surface area contributed by atoms with Gasteiger partial charge in [0.05, 0.1) is 0 Å². The van der Waals surface area contributed by atoms with Crippen LogP contribution in [-0.4, -0.2) is 0 Å². The Morgan fingerprint density at radius 3 is 2.25 bits per heavy atom.